The maximum atomic E-state index is 12.1. The van der Waals surface area contributed by atoms with Gasteiger partial charge in [0.15, 0.2) is 0 Å². The summed E-state index contributed by atoms with van der Waals surface area (Å²) in [6.07, 6.45) is 4.80. The molecule has 2 aromatic rings. The SMILES string of the molecule is Cc1c(Cl)ccc2ncc(C(=O)C=CN(C)C)n12. The Morgan fingerprint density at radius 1 is 1.44 bits per heavy atom. The molecule has 0 bridgehead atoms. The van der Waals surface area contributed by atoms with E-state index in [9.17, 15) is 4.79 Å². The Balaban J connectivity index is 2.52. The molecule has 0 N–H and O–H groups in total. The van der Waals surface area contributed by atoms with Crippen LogP contribution in [0.15, 0.2) is 30.6 Å². The molecule has 0 aliphatic carbocycles. The van der Waals surface area contributed by atoms with E-state index < -0.39 is 0 Å². The third-order valence-corrected chi connectivity index (χ3v) is 3.02. The van der Waals surface area contributed by atoms with Crippen molar-refractivity contribution < 1.29 is 4.79 Å². The molecule has 0 spiro atoms. The second-order valence-corrected chi connectivity index (χ2v) is 4.65. The number of pyridine rings is 1. The van der Waals surface area contributed by atoms with E-state index in [1.54, 1.807) is 33.8 Å². The van der Waals surface area contributed by atoms with Gasteiger partial charge in [0.05, 0.1) is 11.2 Å². The van der Waals surface area contributed by atoms with E-state index in [2.05, 4.69) is 4.98 Å². The molecule has 0 aliphatic rings. The van der Waals surface area contributed by atoms with Crippen molar-refractivity contribution in [1.29, 1.82) is 0 Å². The first-order valence-corrected chi connectivity index (χ1v) is 5.90. The molecule has 94 valence electrons. The third-order valence-electron chi connectivity index (χ3n) is 2.63. The van der Waals surface area contributed by atoms with Crippen LogP contribution in [0.2, 0.25) is 5.02 Å². The lowest BCUT2D eigenvalue weighted by atomic mass is 10.2. The van der Waals surface area contributed by atoms with Crippen LogP contribution >= 0.6 is 11.6 Å². The van der Waals surface area contributed by atoms with Gasteiger partial charge in [0.1, 0.15) is 11.3 Å². The van der Waals surface area contributed by atoms with Crippen molar-refractivity contribution in [3.8, 4) is 0 Å². The van der Waals surface area contributed by atoms with E-state index in [4.69, 9.17) is 11.6 Å². The van der Waals surface area contributed by atoms with E-state index in [1.807, 2.05) is 21.0 Å². The second kappa shape index (κ2) is 4.82. The highest BCUT2D eigenvalue weighted by Gasteiger charge is 2.12. The molecule has 0 radical (unpaired) electrons. The van der Waals surface area contributed by atoms with Gasteiger partial charge in [-0.15, -0.1) is 0 Å². The predicted molar refractivity (Wildman–Crippen MR) is 72.1 cm³/mol. The Labute approximate surface area is 110 Å². The lowest BCUT2D eigenvalue weighted by Gasteiger charge is -2.06. The molecular weight excluding hydrogens is 250 g/mol. The van der Waals surface area contributed by atoms with Crippen LogP contribution in [0.4, 0.5) is 0 Å². The molecule has 18 heavy (non-hydrogen) atoms. The molecule has 0 atom stereocenters. The summed E-state index contributed by atoms with van der Waals surface area (Å²) < 4.78 is 1.77. The number of aromatic nitrogens is 2. The van der Waals surface area contributed by atoms with Gasteiger partial charge >= 0.3 is 0 Å². The Hall–Kier alpha value is -1.81. The first-order chi connectivity index (χ1) is 8.50. The minimum absolute atomic E-state index is 0.0958. The van der Waals surface area contributed by atoms with Crippen molar-refractivity contribution in [1.82, 2.24) is 14.3 Å². The van der Waals surface area contributed by atoms with E-state index in [1.165, 1.54) is 6.08 Å². The lowest BCUT2D eigenvalue weighted by Crippen LogP contribution is -2.06. The largest absolute Gasteiger partial charge is 0.383 e. The minimum Gasteiger partial charge on any atom is -0.383 e. The summed E-state index contributed by atoms with van der Waals surface area (Å²) >= 11 is 6.06. The fourth-order valence-electron chi connectivity index (χ4n) is 1.69. The van der Waals surface area contributed by atoms with Crippen molar-refractivity contribution in [2.75, 3.05) is 14.1 Å². The van der Waals surface area contributed by atoms with Gasteiger partial charge in [-0.25, -0.2) is 4.98 Å². The van der Waals surface area contributed by atoms with Crippen LogP contribution < -0.4 is 0 Å². The van der Waals surface area contributed by atoms with Gasteiger partial charge in [-0.05, 0) is 19.1 Å². The molecule has 2 aromatic heterocycles. The Morgan fingerprint density at radius 2 is 2.17 bits per heavy atom. The number of allylic oxidation sites excluding steroid dienone is 1. The Kier molecular flexibility index (Phi) is 3.39. The normalized spacial score (nSPS) is 11.3. The molecule has 0 fully saturated rings. The van der Waals surface area contributed by atoms with E-state index in [0.717, 1.165) is 11.3 Å². The van der Waals surface area contributed by atoms with Crippen molar-refractivity contribution >= 4 is 23.0 Å². The zero-order chi connectivity index (χ0) is 13.3. The van der Waals surface area contributed by atoms with Crippen LogP contribution in [0.1, 0.15) is 16.2 Å². The summed E-state index contributed by atoms with van der Waals surface area (Å²) in [5.41, 5.74) is 2.05. The number of carbonyl (C=O) groups excluding carboxylic acids is 1. The van der Waals surface area contributed by atoms with E-state index >= 15 is 0 Å². The maximum absolute atomic E-state index is 12.1. The molecular formula is C13H14ClN3O. The Morgan fingerprint density at radius 3 is 2.83 bits per heavy atom. The van der Waals surface area contributed by atoms with Crippen LogP contribution in [0.25, 0.3) is 5.65 Å². The van der Waals surface area contributed by atoms with E-state index in [-0.39, 0.29) is 5.78 Å². The average molecular weight is 264 g/mol. The highest BCUT2D eigenvalue weighted by molar-refractivity contribution is 6.31. The van der Waals surface area contributed by atoms with Gasteiger partial charge < -0.3 is 4.90 Å². The van der Waals surface area contributed by atoms with Crippen molar-refractivity contribution in [2.45, 2.75) is 6.92 Å². The lowest BCUT2D eigenvalue weighted by molar-refractivity contribution is 0.104. The number of rotatable bonds is 3. The number of nitrogens with zero attached hydrogens (tertiary/aromatic N) is 3. The first-order valence-electron chi connectivity index (χ1n) is 5.52. The number of fused-ring (bicyclic) bond motifs is 1. The summed E-state index contributed by atoms with van der Waals surface area (Å²) in [7, 11) is 3.72. The van der Waals surface area contributed by atoms with E-state index in [0.29, 0.717) is 10.7 Å². The average Bonchev–Trinajstić information content (AvgIpc) is 2.75. The molecule has 0 saturated carbocycles. The van der Waals surface area contributed by atoms with Crippen LogP contribution in [0.3, 0.4) is 0 Å². The topological polar surface area (TPSA) is 37.6 Å². The zero-order valence-corrected chi connectivity index (χ0v) is 11.3. The van der Waals surface area contributed by atoms with Crippen molar-refractivity contribution in [3.05, 3.63) is 47.0 Å². The zero-order valence-electron chi connectivity index (χ0n) is 10.5. The quantitative estimate of drug-likeness (QED) is 0.631. The summed E-state index contributed by atoms with van der Waals surface area (Å²) in [6.45, 7) is 1.86. The molecule has 0 saturated heterocycles. The second-order valence-electron chi connectivity index (χ2n) is 4.25. The monoisotopic (exact) mass is 263 g/mol. The van der Waals surface area contributed by atoms with Crippen LogP contribution in [0, 0.1) is 6.92 Å². The van der Waals surface area contributed by atoms with Gasteiger partial charge in [0.2, 0.25) is 5.78 Å². The number of hydrogen-bond acceptors (Lipinski definition) is 3. The molecule has 0 aliphatic heterocycles. The molecule has 0 aromatic carbocycles. The summed E-state index contributed by atoms with van der Waals surface area (Å²) in [6, 6.07) is 3.57. The summed E-state index contributed by atoms with van der Waals surface area (Å²) in [4.78, 5) is 18.1. The fourth-order valence-corrected chi connectivity index (χ4v) is 1.83. The van der Waals surface area contributed by atoms with Gasteiger partial charge in [-0.3, -0.25) is 9.20 Å². The number of hydrogen-bond donors (Lipinski definition) is 0. The number of halogens is 1. The highest BCUT2D eigenvalue weighted by Crippen LogP contribution is 2.19. The molecule has 4 nitrogen and oxygen atoms in total. The molecule has 2 heterocycles. The third kappa shape index (κ3) is 2.24. The van der Waals surface area contributed by atoms with Crippen LogP contribution in [0.5, 0.6) is 0 Å². The smallest absolute Gasteiger partial charge is 0.205 e. The number of ketones is 1. The number of imidazole rings is 1. The van der Waals surface area contributed by atoms with Gasteiger partial charge in [0.25, 0.3) is 0 Å². The molecule has 2 rings (SSSR count). The van der Waals surface area contributed by atoms with Crippen LogP contribution in [-0.4, -0.2) is 34.2 Å². The fraction of sp³-hybridized carbons (Fsp3) is 0.231. The van der Waals surface area contributed by atoms with Crippen molar-refractivity contribution in [3.63, 3.8) is 0 Å². The molecule has 0 amide bonds. The number of aryl methyl sites for hydroxylation is 1. The summed E-state index contributed by atoms with van der Waals surface area (Å²) in [5.74, 6) is -0.0958. The van der Waals surface area contributed by atoms with Gasteiger partial charge in [0, 0.05) is 32.1 Å². The maximum Gasteiger partial charge on any atom is 0.205 e. The minimum atomic E-state index is -0.0958. The number of carbonyl (C=O) groups is 1. The molecule has 5 heteroatoms. The summed E-state index contributed by atoms with van der Waals surface area (Å²) in [5, 5.41) is 0.617. The van der Waals surface area contributed by atoms with Crippen LogP contribution in [-0.2, 0) is 0 Å². The standard InChI is InChI=1S/C13H14ClN3O/c1-9-10(14)4-5-13-15-8-11(17(9)13)12(18)6-7-16(2)3/h4-8H,1-3H3. The van der Waals surface area contributed by atoms with Gasteiger partial charge in [-0.2, -0.15) is 0 Å². The highest BCUT2D eigenvalue weighted by atomic mass is 35.5. The van der Waals surface area contributed by atoms with Gasteiger partial charge in [-0.1, -0.05) is 11.6 Å². The molecule has 0 unspecified atom stereocenters. The van der Waals surface area contributed by atoms with Crippen molar-refractivity contribution in [2.24, 2.45) is 0 Å². The first kappa shape index (κ1) is 12.6. The predicted octanol–water partition coefficient (Wildman–Crippen LogP) is 2.55. The Bertz CT molecular complexity index is 628.